The number of para-hydroxylation sites is 2. The molecule has 2 aliphatic rings. The lowest BCUT2D eigenvalue weighted by atomic mass is 10.2. The molecule has 2 amide bonds. The van der Waals surface area contributed by atoms with Crippen LogP contribution < -0.4 is 19.7 Å². The minimum absolute atomic E-state index is 0.114. The van der Waals surface area contributed by atoms with Crippen LogP contribution in [0.25, 0.3) is 0 Å². The maximum absolute atomic E-state index is 13.1. The summed E-state index contributed by atoms with van der Waals surface area (Å²) >= 11 is 1.54. The van der Waals surface area contributed by atoms with Crippen molar-refractivity contribution in [3.8, 4) is 11.5 Å². The molecule has 0 atom stereocenters. The number of hydrogen-bond donors (Lipinski definition) is 1. The molecule has 2 aliphatic heterocycles. The summed E-state index contributed by atoms with van der Waals surface area (Å²) in [6, 6.07) is 16.5. The predicted octanol–water partition coefficient (Wildman–Crippen LogP) is 4.02. The van der Waals surface area contributed by atoms with E-state index < -0.39 is 0 Å². The maximum Gasteiger partial charge on any atom is 0.244 e. The fourth-order valence-electron chi connectivity index (χ4n) is 3.57. The molecule has 5 rings (SSSR count). The molecule has 0 spiro atoms. The zero-order valence-electron chi connectivity index (χ0n) is 16.5. The monoisotopic (exact) mass is 433 g/mol. The second-order valence-corrected chi connectivity index (χ2v) is 8.04. The summed E-state index contributed by atoms with van der Waals surface area (Å²) in [6.07, 6.45) is 0.131. The van der Waals surface area contributed by atoms with Gasteiger partial charge in [0.2, 0.25) is 11.8 Å². The Kier molecular flexibility index (Phi) is 5.13. The summed E-state index contributed by atoms with van der Waals surface area (Å²) in [4.78, 5) is 33.1. The second kappa shape index (κ2) is 8.23. The first-order valence-electron chi connectivity index (χ1n) is 9.88. The van der Waals surface area contributed by atoms with Gasteiger partial charge in [-0.3, -0.25) is 9.59 Å². The summed E-state index contributed by atoms with van der Waals surface area (Å²) in [6.45, 7) is 0.859. The molecule has 0 fully saturated rings. The topological polar surface area (TPSA) is 80.2 Å². The Bertz CT molecular complexity index is 1170. The van der Waals surface area contributed by atoms with E-state index in [2.05, 4.69) is 5.32 Å². The van der Waals surface area contributed by atoms with Crippen LogP contribution in [0.5, 0.6) is 11.5 Å². The molecule has 31 heavy (non-hydrogen) atoms. The van der Waals surface area contributed by atoms with Crippen molar-refractivity contribution in [3.63, 3.8) is 0 Å². The zero-order chi connectivity index (χ0) is 21.2. The van der Waals surface area contributed by atoms with E-state index in [9.17, 15) is 9.59 Å². The van der Waals surface area contributed by atoms with E-state index in [1.54, 1.807) is 29.5 Å². The average molecular weight is 433 g/mol. The van der Waals surface area contributed by atoms with Crippen molar-refractivity contribution in [3.05, 3.63) is 64.9 Å². The normalized spacial score (nSPS) is 15.0. The minimum Gasteiger partial charge on any atom is -0.486 e. The molecular formula is C23H19N3O4S. The molecule has 3 aromatic rings. The fourth-order valence-corrected chi connectivity index (χ4v) is 4.28. The second-order valence-electron chi connectivity index (χ2n) is 7.09. The van der Waals surface area contributed by atoms with Crippen LogP contribution >= 0.6 is 11.3 Å². The van der Waals surface area contributed by atoms with Crippen LogP contribution in [0.2, 0.25) is 0 Å². The summed E-state index contributed by atoms with van der Waals surface area (Å²) in [7, 11) is 0. The SMILES string of the molecule is O=C(CN1C(=O)CC(c2cccs2)=Nc2ccccc21)Nc1ccc2c(c1)OCCO2. The third-order valence-electron chi connectivity index (χ3n) is 4.98. The highest BCUT2D eigenvalue weighted by molar-refractivity contribution is 7.12. The molecular weight excluding hydrogens is 414 g/mol. The van der Waals surface area contributed by atoms with Gasteiger partial charge in [-0.25, -0.2) is 4.99 Å². The summed E-state index contributed by atoms with van der Waals surface area (Å²) in [5, 5.41) is 4.80. The van der Waals surface area contributed by atoms with Crippen molar-refractivity contribution in [2.45, 2.75) is 6.42 Å². The fraction of sp³-hybridized carbons (Fsp3) is 0.174. The van der Waals surface area contributed by atoms with E-state index in [1.807, 2.05) is 41.8 Å². The third-order valence-corrected chi connectivity index (χ3v) is 5.90. The molecule has 2 aromatic carbocycles. The Morgan fingerprint density at radius 3 is 2.74 bits per heavy atom. The first-order valence-corrected chi connectivity index (χ1v) is 10.8. The molecule has 156 valence electrons. The third kappa shape index (κ3) is 4.02. The number of nitrogens with zero attached hydrogens (tertiary/aromatic N) is 2. The van der Waals surface area contributed by atoms with Crippen molar-refractivity contribution in [2.75, 3.05) is 30.0 Å². The minimum atomic E-state index is -0.306. The smallest absolute Gasteiger partial charge is 0.244 e. The molecule has 0 bridgehead atoms. The highest BCUT2D eigenvalue weighted by Gasteiger charge is 2.27. The van der Waals surface area contributed by atoms with Gasteiger partial charge >= 0.3 is 0 Å². The van der Waals surface area contributed by atoms with Gasteiger partial charge in [0.05, 0.1) is 23.5 Å². The van der Waals surface area contributed by atoms with E-state index in [4.69, 9.17) is 14.5 Å². The highest BCUT2D eigenvalue weighted by atomic mass is 32.1. The van der Waals surface area contributed by atoms with E-state index in [0.717, 1.165) is 4.88 Å². The van der Waals surface area contributed by atoms with Crippen molar-refractivity contribution in [1.82, 2.24) is 0 Å². The average Bonchev–Trinajstić information content (AvgIpc) is 3.28. The first kappa shape index (κ1) is 19.3. The number of ether oxygens (including phenoxy) is 2. The highest BCUT2D eigenvalue weighted by Crippen LogP contribution is 2.34. The van der Waals surface area contributed by atoms with Crippen molar-refractivity contribution in [2.24, 2.45) is 4.99 Å². The van der Waals surface area contributed by atoms with Crippen molar-refractivity contribution < 1.29 is 19.1 Å². The standard InChI is InChI=1S/C23H19N3O4S/c27-22(24-15-7-8-19-20(12-15)30-10-9-29-19)14-26-18-5-2-1-4-16(18)25-17(13-23(26)28)21-6-3-11-31-21/h1-8,11-12H,9-10,13-14H2,(H,24,27). The van der Waals surface area contributed by atoms with Gasteiger partial charge in [-0.1, -0.05) is 18.2 Å². The van der Waals surface area contributed by atoms with Crippen LogP contribution in [0.1, 0.15) is 11.3 Å². The molecule has 0 radical (unpaired) electrons. The molecule has 8 heteroatoms. The van der Waals surface area contributed by atoms with Gasteiger partial charge in [0, 0.05) is 16.6 Å². The number of fused-ring (bicyclic) bond motifs is 2. The Balaban J connectivity index is 1.37. The Morgan fingerprint density at radius 2 is 1.90 bits per heavy atom. The van der Waals surface area contributed by atoms with E-state index >= 15 is 0 Å². The molecule has 0 unspecified atom stereocenters. The van der Waals surface area contributed by atoms with Gasteiger partial charge in [0.1, 0.15) is 19.8 Å². The van der Waals surface area contributed by atoms with Crippen LogP contribution in [0.15, 0.2) is 65.0 Å². The van der Waals surface area contributed by atoms with Crippen LogP contribution in [0.4, 0.5) is 17.1 Å². The van der Waals surface area contributed by atoms with Gasteiger partial charge < -0.3 is 19.7 Å². The first-order chi connectivity index (χ1) is 15.2. The Morgan fingerprint density at radius 1 is 1.06 bits per heavy atom. The number of hydrogen-bond acceptors (Lipinski definition) is 6. The number of thiophene rings is 1. The summed E-state index contributed by atoms with van der Waals surface area (Å²) < 4.78 is 11.1. The van der Waals surface area contributed by atoms with Gasteiger partial charge in [-0.15, -0.1) is 11.3 Å². The summed E-state index contributed by atoms with van der Waals surface area (Å²) in [5.74, 6) is 0.766. The molecule has 1 N–H and O–H groups in total. The number of amides is 2. The number of benzene rings is 2. The van der Waals surface area contributed by atoms with Crippen LogP contribution in [-0.2, 0) is 9.59 Å². The maximum atomic E-state index is 13.1. The predicted molar refractivity (Wildman–Crippen MR) is 120 cm³/mol. The lowest BCUT2D eigenvalue weighted by Gasteiger charge is -2.22. The molecule has 0 saturated heterocycles. The Hall–Kier alpha value is -3.65. The van der Waals surface area contributed by atoms with Crippen molar-refractivity contribution in [1.29, 1.82) is 0 Å². The molecule has 0 saturated carbocycles. The quantitative estimate of drug-likeness (QED) is 0.674. The van der Waals surface area contributed by atoms with E-state index in [-0.39, 0.29) is 24.8 Å². The molecule has 7 nitrogen and oxygen atoms in total. The van der Waals surface area contributed by atoms with Crippen LogP contribution in [0.3, 0.4) is 0 Å². The lowest BCUT2D eigenvalue weighted by molar-refractivity contribution is -0.120. The van der Waals surface area contributed by atoms with Crippen molar-refractivity contribution >= 4 is 45.9 Å². The van der Waals surface area contributed by atoms with Gasteiger partial charge in [0.25, 0.3) is 0 Å². The number of rotatable bonds is 4. The molecule has 1 aromatic heterocycles. The number of aliphatic imine (C=N–C) groups is 1. The van der Waals surface area contributed by atoms with E-state index in [0.29, 0.717) is 47.5 Å². The number of carbonyl (C=O) groups excluding carboxylic acids is 2. The molecule has 0 aliphatic carbocycles. The summed E-state index contributed by atoms with van der Waals surface area (Å²) in [5.41, 5.74) is 2.59. The number of anilines is 2. The number of carbonyl (C=O) groups is 2. The largest absolute Gasteiger partial charge is 0.486 e. The van der Waals surface area contributed by atoms with Gasteiger partial charge in [-0.2, -0.15) is 0 Å². The lowest BCUT2D eigenvalue weighted by Crippen LogP contribution is -2.38. The van der Waals surface area contributed by atoms with E-state index in [1.165, 1.54) is 4.90 Å². The number of nitrogens with one attached hydrogen (secondary N) is 1. The van der Waals surface area contributed by atoms with Crippen LogP contribution in [0, 0.1) is 0 Å². The Labute approximate surface area is 182 Å². The van der Waals surface area contributed by atoms with Gasteiger partial charge in [0.15, 0.2) is 11.5 Å². The zero-order valence-corrected chi connectivity index (χ0v) is 17.4. The van der Waals surface area contributed by atoms with Crippen LogP contribution in [-0.4, -0.2) is 37.3 Å². The molecule has 3 heterocycles. The van der Waals surface area contributed by atoms with Gasteiger partial charge in [-0.05, 0) is 35.7 Å².